The summed E-state index contributed by atoms with van der Waals surface area (Å²) >= 11 is 0. The first-order valence-corrected chi connectivity index (χ1v) is 7.95. The molecule has 3 rings (SSSR count). The zero-order valence-electron chi connectivity index (χ0n) is 12.6. The maximum Gasteiger partial charge on any atom is 0.302 e. The van der Waals surface area contributed by atoms with E-state index in [1.54, 1.807) is 0 Å². The first-order chi connectivity index (χ1) is 10.7. The lowest BCUT2D eigenvalue weighted by Gasteiger charge is -2.12. The molecule has 0 atom stereocenters. The van der Waals surface area contributed by atoms with Crippen LogP contribution in [0.4, 0.5) is 6.01 Å². The number of nitrogens with zero attached hydrogens (tertiary/aromatic N) is 1. The molecule has 0 bridgehead atoms. The Kier molecular flexibility index (Phi) is 4.56. The van der Waals surface area contributed by atoms with Gasteiger partial charge in [-0.2, -0.15) is 4.98 Å². The number of anilines is 1. The molecule has 2 amide bonds. The van der Waals surface area contributed by atoms with E-state index in [0.29, 0.717) is 6.54 Å². The van der Waals surface area contributed by atoms with Crippen molar-refractivity contribution < 1.29 is 14.0 Å². The lowest BCUT2D eigenvalue weighted by molar-refractivity contribution is -0.117. The maximum absolute atomic E-state index is 12.0. The van der Waals surface area contributed by atoms with Crippen LogP contribution >= 0.6 is 0 Å². The molecule has 118 valence electrons. The minimum Gasteiger partial charge on any atom is -0.431 e. The summed E-state index contributed by atoms with van der Waals surface area (Å²) in [6, 6.07) is 0.0945. The molecule has 0 spiro atoms. The summed E-state index contributed by atoms with van der Waals surface area (Å²) in [6.07, 6.45) is 11.1. The van der Waals surface area contributed by atoms with Gasteiger partial charge < -0.3 is 9.73 Å². The number of rotatable bonds is 6. The summed E-state index contributed by atoms with van der Waals surface area (Å²) in [7, 11) is 0. The van der Waals surface area contributed by atoms with Gasteiger partial charge in [0, 0.05) is 12.5 Å². The van der Waals surface area contributed by atoms with E-state index < -0.39 is 0 Å². The Bertz CT molecular complexity index is 587. The fraction of sp³-hybridized carbons (Fsp3) is 0.562. The summed E-state index contributed by atoms with van der Waals surface area (Å²) in [5.74, 6) is -0.280. The smallest absolute Gasteiger partial charge is 0.302 e. The Labute approximate surface area is 129 Å². The molecule has 2 aliphatic rings. The van der Waals surface area contributed by atoms with E-state index in [4.69, 9.17) is 4.42 Å². The van der Waals surface area contributed by atoms with Gasteiger partial charge in [0.25, 0.3) is 5.91 Å². The molecule has 2 N–H and O–H groups in total. The highest BCUT2D eigenvalue weighted by Crippen LogP contribution is 2.30. The first kappa shape index (κ1) is 14.8. The van der Waals surface area contributed by atoms with Crippen molar-refractivity contribution in [3.63, 3.8) is 0 Å². The quantitative estimate of drug-likeness (QED) is 0.791. The van der Waals surface area contributed by atoms with E-state index in [-0.39, 0.29) is 29.4 Å². The van der Waals surface area contributed by atoms with Crippen LogP contribution < -0.4 is 10.6 Å². The molecule has 1 heterocycles. The van der Waals surface area contributed by atoms with Crippen LogP contribution in [0.15, 0.2) is 22.3 Å². The molecule has 1 aromatic rings. The second kappa shape index (κ2) is 6.77. The number of aromatic nitrogens is 1. The van der Waals surface area contributed by atoms with Gasteiger partial charge in [0.1, 0.15) is 6.26 Å². The topological polar surface area (TPSA) is 84.2 Å². The number of allylic oxidation sites excluding steroid dienone is 1. The molecule has 22 heavy (non-hydrogen) atoms. The van der Waals surface area contributed by atoms with Crippen molar-refractivity contribution in [2.24, 2.45) is 5.92 Å². The van der Waals surface area contributed by atoms with Crippen LogP contribution in [0.25, 0.3) is 0 Å². The molecule has 0 radical (unpaired) electrons. The van der Waals surface area contributed by atoms with Gasteiger partial charge in [0.05, 0.1) is 0 Å². The third-order valence-corrected chi connectivity index (χ3v) is 4.03. The van der Waals surface area contributed by atoms with Gasteiger partial charge in [-0.25, -0.2) is 0 Å². The Morgan fingerprint density at radius 1 is 1.32 bits per heavy atom. The molecule has 2 aliphatic carbocycles. The van der Waals surface area contributed by atoms with Gasteiger partial charge in [0.2, 0.25) is 5.91 Å². The Balaban J connectivity index is 1.44. The van der Waals surface area contributed by atoms with Crippen molar-refractivity contribution in [2.45, 2.75) is 44.9 Å². The third kappa shape index (κ3) is 3.96. The van der Waals surface area contributed by atoms with Crippen LogP contribution in [0.2, 0.25) is 0 Å². The summed E-state index contributed by atoms with van der Waals surface area (Å²) in [5.41, 5.74) is 1.62. The SMILES string of the molecule is O=C(NCCC1=CCCCC1)c1coc(NC(=O)C2CC2)n1. The number of carbonyl (C=O) groups is 2. The molecule has 1 fully saturated rings. The second-order valence-corrected chi connectivity index (χ2v) is 5.92. The van der Waals surface area contributed by atoms with Crippen LogP contribution in [0, 0.1) is 5.92 Å². The monoisotopic (exact) mass is 303 g/mol. The van der Waals surface area contributed by atoms with Gasteiger partial charge in [0.15, 0.2) is 5.69 Å². The summed E-state index contributed by atoms with van der Waals surface area (Å²) in [5, 5.41) is 5.41. The van der Waals surface area contributed by atoms with E-state index in [1.807, 2.05) is 0 Å². The molecule has 0 aliphatic heterocycles. The van der Waals surface area contributed by atoms with Crippen molar-refractivity contribution in [1.29, 1.82) is 0 Å². The van der Waals surface area contributed by atoms with E-state index in [2.05, 4.69) is 21.7 Å². The largest absolute Gasteiger partial charge is 0.431 e. The maximum atomic E-state index is 12.0. The van der Waals surface area contributed by atoms with Crippen molar-refractivity contribution in [3.05, 3.63) is 23.6 Å². The van der Waals surface area contributed by atoms with Gasteiger partial charge in [-0.05, 0) is 44.9 Å². The van der Waals surface area contributed by atoms with Gasteiger partial charge in [-0.3, -0.25) is 14.9 Å². The van der Waals surface area contributed by atoms with Crippen molar-refractivity contribution in [1.82, 2.24) is 10.3 Å². The van der Waals surface area contributed by atoms with Crippen LogP contribution in [0.1, 0.15) is 55.4 Å². The molecule has 6 nitrogen and oxygen atoms in total. The highest BCUT2D eigenvalue weighted by molar-refractivity contribution is 5.94. The molecular weight excluding hydrogens is 282 g/mol. The van der Waals surface area contributed by atoms with E-state index in [0.717, 1.165) is 32.1 Å². The Morgan fingerprint density at radius 3 is 2.91 bits per heavy atom. The highest BCUT2D eigenvalue weighted by atomic mass is 16.4. The average Bonchev–Trinajstić information content (AvgIpc) is 3.28. The average molecular weight is 303 g/mol. The normalized spacial score (nSPS) is 17.7. The number of carbonyl (C=O) groups excluding carboxylic acids is 2. The standard InChI is InChI=1S/C16H21N3O3/c20-14(12-6-7-12)19-16-18-13(10-22-16)15(21)17-9-8-11-4-2-1-3-5-11/h4,10,12H,1-3,5-9H2,(H,17,21)(H,18,19,20). The van der Waals surface area contributed by atoms with E-state index in [9.17, 15) is 9.59 Å². The molecular formula is C16H21N3O3. The lowest BCUT2D eigenvalue weighted by atomic mass is 9.97. The predicted molar refractivity (Wildman–Crippen MR) is 81.4 cm³/mol. The van der Waals surface area contributed by atoms with Crippen molar-refractivity contribution >= 4 is 17.8 Å². The molecule has 1 saturated carbocycles. The number of oxazole rings is 1. The highest BCUT2D eigenvalue weighted by Gasteiger charge is 2.30. The number of nitrogens with one attached hydrogen (secondary N) is 2. The summed E-state index contributed by atoms with van der Waals surface area (Å²) in [6.45, 7) is 0.599. The first-order valence-electron chi connectivity index (χ1n) is 7.95. The Morgan fingerprint density at radius 2 is 2.18 bits per heavy atom. The third-order valence-electron chi connectivity index (χ3n) is 4.03. The number of hydrogen-bond donors (Lipinski definition) is 2. The number of hydrogen-bond acceptors (Lipinski definition) is 4. The molecule has 0 aromatic carbocycles. The zero-order valence-corrected chi connectivity index (χ0v) is 12.6. The Hall–Kier alpha value is -2.11. The molecule has 1 aromatic heterocycles. The van der Waals surface area contributed by atoms with Crippen LogP contribution in [0.5, 0.6) is 0 Å². The van der Waals surface area contributed by atoms with Crippen LogP contribution in [-0.4, -0.2) is 23.3 Å². The summed E-state index contributed by atoms with van der Waals surface area (Å²) in [4.78, 5) is 27.5. The molecule has 6 heteroatoms. The second-order valence-electron chi connectivity index (χ2n) is 5.92. The fourth-order valence-corrected chi connectivity index (χ4v) is 2.55. The molecule has 0 unspecified atom stereocenters. The molecule has 0 saturated heterocycles. The zero-order chi connectivity index (χ0) is 15.4. The van der Waals surface area contributed by atoms with Gasteiger partial charge in [-0.15, -0.1) is 0 Å². The lowest BCUT2D eigenvalue weighted by Crippen LogP contribution is -2.25. The minimum atomic E-state index is -0.271. The van der Waals surface area contributed by atoms with Crippen molar-refractivity contribution in [2.75, 3.05) is 11.9 Å². The predicted octanol–water partition coefficient (Wildman–Crippen LogP) is 2.64. The van der Waals surface area contributed by atoms with Crippen LogP contribution in [-0.2, 0) is 4.79 Å². The van der Waals surface area contributed by atoms with E-state index in [1.165, 1.54) is 24.7 Å². The van der Waals surface area contributed by atoms with Crippen LogP contribution in [0.3, 0.4) is 0 Å². The minimum absolute atomic E-state index is 0.0768. The summed E-state index contributed by atoms with van der Waals surface area (Å²) < 4.78 is 5.12. The van der Waals surface area contributed by atoms with Crippen molar-refractivity contribution in [3.8, 4) is 0 Å². The fourth-order valence-electron chi connectivity index (χ4n) is 2.55. The van der Waals surface area contributed by atoms with Gasteiger partial charge >= 0.3 is 6.01 Å². The van der Waals surface area contributed by atoms with E-state index >= 15 is 0 Å². The number of amides is 2. The van der Waals surface area contributed by atoms with Gasteiger partial charge in [-0.1, -0.05) is 11.6 Å².